The number of ether oxygens (including phenoxy) is 2. The monoisotopic (exact) mass is 369 g/mol. The van der Waals surface area contributed by atoms with E-state index in [0.717, 1.165) is 22.3 Å². The van der Waals surface area contributed by atoms with Crippen molar-refractivity contribution >= 4 is 17.6 Å². The first kappa shape index (κ1) is 20.5. The van der Waals surface area contributed by atoms with E-state index in [2.05, 4.69) is 19.2 Å². The fourth-order valence-corrected chi connectivity index (χ4v) is 2.71. The van der Waals surface area contributed by atoms with E-state index < -0.39 is 5.97 Å². The average molecular weight is 369 g/mol. The lowest BCUT2D eigenvalue weighted by molar-refractivity contribution is -0.149. The second-order valence-electron chi connectivity index (χ2n) is 7.01. The second-order valence-corrected chi connectivity index (χ2v) is 7.01. The Bertz CT molecular complexity index is 827. The van der Waals surface area contributed by atoms with Crippen LogP contribution in [0.5, 0.6) is 5.75 Å². The maximum absolute atomic E-state index is 12.0. The van der Waals surface area contributed by atoms with Gasteiger partial charge in [-0.1, -0.05) is 43.7 Å². The molecule has 0 spiro atoms. The van der Waals surface area contributed by atoms with Crippen molar-refractivity contribution in [3.05, 3.63) is 58.7 Å². The second kappa shape index (κ2) is 9.21. The number of anilines is 1. The van der Waals surface area contributed by atoms with Gasteiger partial charge in [0.25, 0.3) is 5.91 Å². The molecular formula is C22H27NO4. The van der Waals surface area contributed by atoms with Crippen LogP contribution in [0.3, 0.4) is 0 Å². The van der Waals surface area contributed by atoms with E-state index in [1.165, 1.54) is 0 Å². The number of rotatable bonds is 7. The first-order valence-electron chi connectivity index (χ1n) is 9.02. The zero-order chi connectivity index (χ0) is 20.0. The van der Waals surface area contributed by atoms with Gasteiger partial charge in [-0.25, -0.2) is 4.79 Å². The first-order valence-corrected chi connectivity index (χ1v) is 9.02. The Labute approximate surface area is 160 Å². The molecule has 1 N–H and O–H groups in total. The summed E-state index contributed by atoms with van der Waals surface area (Å²) in [7, 11) is 0. The molecule has 5 heteroatoms. The van der Waals surface area contributed by atoms with Gasteiger partial charge in [0.1, 0.15) is 5.75 Å². The summed E-state index contributed by atoms with van der Waals surface area (Å²) in [5, 5.41) is 2.74. The number of aryl methyl sites for hydroxylation is 3. The molecule has 0 radical (unpaired) electrons. The van der Waals surface area contributed by atoms with E-state index in [0.29, 0.717) is 11.4 Å². The molecule has 0 fully saturated rings. The molecule has 0 aliphatic rings. The van der Waals surface area contributed by atoms with E-state index in [-0.39, 0.29) is 25.0 Å². The van der Waals surface area contributed by atoms with Crippen molar-refractivity contribution in [3.63, 3.8) is 0 Å². The molecule has 0 unspecified atom stereocenters. The Morgan fingerprint density at radius 1 is 0.963 bits per heavy atom. The Morgan fingerprint density at radius 3 is 2.30 bits per heavy atom. The minimum absolute atomic E-state index is 0.236. The van der Waals surface area contributed by atoms with E-state index >= 15 is 0 Å². The third-order valence-corrected chi connectivity index (χ3v) is 4.16. The number of hydrogen-bond donors (Lipinski definition) is 1. The van der Waals surface area contributed by atoms with Gasteiger partial charge in [0.2, 0.25) is 0 Å². The summed E-state index contributed by atoms with van der Waals surface area (Å²) >= 11 is 0. The predicted octanol–water partition coefficient (Wildman–Crippen LogP) is 4.30. The van der Waals surface area contributed by atoms with Crippen molar-refractivity contribution in [2.24, 2.45) is 0 Å². The van der Waals surface area contributed by atoms with Crippen LogP contribution in [0, 0.1) is 20.8 Å². The number of carbonyl (C=O) groups is 2. The summed E-state index contributed by atoms with van der Waals surface area (Å²) in [4.78, 5) is 23.9. The predicted molar refractivity (Wildman–Crippen MR) is 106 cm³/mol. The molecule has 27 heavy (non-hydrogen) atoms. The summed E-state index contributed by atoms with van der Waals surface area (Å²) in [5.41, 5.74) is 4.86. The zero-order valence-electron chi connectivity index (χ0n) is 16.6. The first-order chi connectivity index (χ1) is 12.8. The third kappa shape index (κ3) is 6.13. The van der Waals surface area contributed by atoms with E-state index in [4.69, 9.17) is 9.47 Å². The lowest BCUT2D eigenvalue weighted by Crippen LogP contribution is -2.24. The van der Waals surface area contributed by atoms with Gasteiger partial charge < -0.3 is 14.8 Å². The highest BCUT2D eigenvalue weighted by molar-refractivity contribution is 5.93. The maximum atomic E-state index is 12.0. The van der Waals surface area contributed by atoms with Gasteiger partial charge in [0.05, 0.1) is 0 Å². The highest BCUT2D eigenvalue weighted by atomic mass is 16.6. The minimum Gasteiger partial charge on any atom is -0.482 e. The molecule has 2 rings (SSSR count). The summed E-state index contributed by atoms with van der Waals surface area (Å²) in [6, 6.07) is 11.6. The molecule has 5 nitrogen and oxygen atoms in total. The molecule has 0 bridgehead atoms. The SMILES string of the molecule is Cc1ccc(NC(=O)COC(=O)COc2cc(C)ccc2C(C)C)c(C)c1. The Hall–Kier alpha value is -2.82. The zero-order valence-corrected chi connectivity index (χ0v) is 16.6. The number of carbonyl (C=O) groups excluding carboxylic acids is 2. The van der Waals surface area contributed by atoms with Crippen molar-refractivity contribution in [2.45, 2.75) is 40.5 Å². The molecule has 0 saturated carbocycles. The Morgan fingerprint density at radius 2 is 1.63 bits per heavy atom. The molecule has 2 aromatic rings. The van der Waals surface area contributed by atoms with Crippen LogP contribution in [-0.2, 0) is 14.3 Å². The fraction of sp³-hybridized carbons (Fsp3) is 0.364. The number of benzene rings is 2. The van der Waals surface area contributed by atoms with Gasteiger partial charge in [-0.05, 0) is 55.5 Å². The van der Waals surface area contributed by atoms with Crippen molar-refractivity contribution < 1.29 is 19.1 Å². The quantitative estimate of drug-likeness (QED) is 0.739. The molecule has 144 valence electrons. The van der Waals surface area contributed by atoms with Crippen LogP contribution in [0.2, 0.25) is 0 Å². The summed E-state index contributed by atoms with van der Waals surface area (Å²) in [6.45, 7) is 9.41. The highest BCUT2D eigenvalue weighted by Crippen LogP contribution is 2.27. The average Bonchev–Trinajstić information content (AvgIpc) is 2.60. The van der Waals surface area contributed by atoms with Gasteiger partial charge in [-0.2, -0.15) is 0 Å². The van der Waals surface area contributed by atoms with Crippen LogP contribution in [-0.4, -0.2) is 25.1 Å². The normalized spacial score (nSPS) is 10.6. The number of hydrogen-bond acceptors (Lipinski definition) is 4. The number of esters is 1. The van der Waals surface area contributed by atoms with Crippen LogP contribution < -0.4 is 10.1 Å². The van der Waals surface area contributed by atoms with Crippen LogP contribution in [0.1, 0.15) is 42.0 Å². The number of nitrogens with one attached hydrogen (secondary N) is 1. The van der Waals surface area contributed by atoms with Crippen molar-refractivity contribution in [3.8, 4) is 5.75 Å². The van der Waals surface area contributed by atoms with Gasteiger partial charge in [0, 0.05) is 5.69 Å². The van der Waals surface area contributed by atoms with Crippen LogP contribution in [0.25, 0.3) is 0 Å². The standard InChI is InChI=1S/C22H27NO4/c1-14(2)18-8-6-16(4)11-20(18)26-13-22(25)27-12-21(24)23-19-9-7-15(3)10-17(19)5/h6-11,14H,12-13H2,1-5H3,(H,23,24). The van der Waals surface area contributed by atoms with Crippen molar-refractivity contribution in [2.75, 3.05) is 18.5 Å². The molecule has 2 aromatic carbocycles. The van der Waals surface area contributed by atoms with Gasteiger partial charge in [-0.3, -0.25) is 4.79 Å². The van der Waals surface area contributed by atoms with Crippen LogP contribution >= 0.6 is 0 Å². The summed E-state index contributed by atoms with van der Waals surface area (Å²) < 4.78 is 10.6. The summed E-state index contributed by atoms with van der Waals surface area (Å²) in [5.74, 6) is -0.0162. The topological polar surface area (TPSA) is 64.6 Å². The minimum atomic E-state index is -0.581. The maximum Gasteiger partial charge on any atom is 0.344 e. The molecular weight excluding hydrogens is 342 g/mol. The molecule has 0 saturated heterocycles. The summed E-state index contributed by atoms with van der Waals surface area (Å²) in [6.07, 6.45) is 0. The molecule has 0 aromatic heterocycles. The van der Waals surface area contributed by atoms with Crippen LogP contribution in [0.15, 0.2) is 36.4 Å². The fourth-order valence-electron chi connectivity index (χ4n) is 2.71. The van der Waals surface area contributed by atoms with Crippen LogP contribution in [0.4, 0.5) is 5.69 Å². The third-order valence-electron chi connectivity index (χ3n) is 4.16. The molecule has 0 atom stereocenters. The van der Waals surface area contributed by atoms with Gasteiger partial charge in [-0.15, -0.1) is 0 Å². The Kier molecular flexibility index (Phi) is 6.99. The van der Waals surface area contributed by atoms with Gasteiger partial charge in [0.15, 0.2) is 13.2 Å². The molecule has 0 heterocycles. The Balaban J connectivity index is 1.84. The van der Waals surface area contributed by atoms with E-state index in [9.17, 15) is 9.59 Å². The smallest absolute Gasteiger partial charge is 0.344 e. The molecule has 0 aliphatic heterocycles. The van der Waals surface area contributed by atoms with E-state index in [1.807, 2.05) is 57.2 Å². The largest absolute Gasteiger partial charge is 0.482 e. The van der Waals surface area contributed by atoms with E-state index in [1.54, 1.807) is 0 Å². The number of amides is 1. The molecule has 0 aliphatic carbocycles. The van der Waals surface area contributed by atoms with Gasteiger partial charge >= 0.3 is 5.97 Å². The lowest BCUT2D eigenvalue weighted by atomic mass is 10.0. The van der Waals surface area contributed by atoms with Crippen molar-refractivity contribution in [1.82, 2.24) is 0 Å². The van der Waals surface area contributed by atoms with Crippen molar-refractivity contribution in [1.29, 1.82) is 0 Å². The lowest BCUT2D eigenvalue weighted by Gasteiger charge is -2.14. The molecule has 1 amide bonds. The highest BCUT2D eigenvalue weighted by Gasteiger charge is 2.13.